The molecule has 0 aliphatic heterocycles. The quantitative estimate of drug-likeness (QED) is 0.573. The Balaban J connectivity index is 3.55. The molecule has 3 heteroatoms. The summed E-state index contributed by atoms with van der Waals surface area (Å²) in [6.07, 6.45) is 2.00. The minimum Gasteiger partial charge on any atom is -0.288 e. The van der Waals surface area contributed by atoms with Gasteiger partial charge in [0.15, 0.2) is 0 Å². The van der Waals surface area contributed by atoms with Gasteiger partial charge in [-0.2, -0.15) is 0 Å². The summed E-state index contributed by atoms with van der Waals surface area (Å²) in [6, 6.07) is 0. The van der Waals surface area contributed by atoms with Gasteiger partial charge in [-0.1, -0.05) is 13.3 Å². The standard InChI is InChI=1S/C6H13O2P/c1-4-5-6(2,3)8-9-7/h4-5H2,1-3H3. The van der Waals surface area contributed by atoms with Crippen LogP contribution >= 0.6 is 8.69 Å². The summed E-state index contributed by atoms with van der Waals surface area (Å²) in [6.45, 7) is 5.94. The maximum Gasteiger partial charge on any atom is 0.327 e. The zero-order valence-corrected chi connectivity index (χ0v) is 7.07. The fraction of sp³-hybridized carbons (Fsp3) is 1.00. The summed E-state index contributed by atoms with van der Waals surface area (Å²) in [5.74, 6) is 0. The van der Waals surface area contributed by atoms with Crippen LogP contribution in [-0.4, -0.2) is 5.60 Å². The molecule has 54 valence electrons. The van der Waals surface area contributed by atoms with Crippen molar-refractivity contribution in [3.8, 4) is 0 Å². The number of hydrogen-bond donors (Lipinski definition) is 0. The third-order valence-corrected chi connectivity index (χ3v) is 1.71. The van der Waals surface area contributed by atoms with Gasteiger partial charge in [0, 0.05) is 0 Å². The van der Waals surface area contributed by atoms with Gasteiger partial charge < -0.3 is 0 Å². The summed E-state index contributed by atoms with van der Waals surface area (Å²) in [5, 5.41) is 0. The first kappa shape index (κ1) is 9.06. The van der Waals surface area contributed by atoms with Crippen molar-refractivity contribution in [2.24, 2.45) is 0 Å². The molecule has 0 atom stereocenters. The SMILES string of the molecule is CCCC(C)(C)OP=O. The van der Waals surface area contributed by atoms with Crippen LogP contribution in [0.3, 0.4) is 0 Å². The van der Waals surface area contributed by atoms with Crippen LogP contribution < -0.4 is 0 Å². The first-order valence-electron chi connectivity index (χ1n) is 3.13. The largest absolute Gasteiger partial charge is 0.327 e. The highest BCUT2D eigenvalue weighted by molar-refractivity contribution is 7.17. The van der Waals surface area contributed by atoms with Crippen LogP contribution in [0.25, 0.3) is 0 Å². The van der Waals surface area contributed by atoms with Crippen molar-refractivity contribution < 1.29 is 9.09 Å². The van der Waals surface area contributed by atoms with Crippen molar-refractivity contribution in [1.29, 1.82) is 0 Å². The van der Waals surface area contributed by atoms with Crippen molar-refractivity contribution in [3.63, 3.8) is 0 Å². The van der Waals surface area contributed by atoms with Gasteiger partial charge in [0.2, 0.25) is 0 Å². The second-order valence-electron chi connectivity index (χ2n) is 2.68. The topological polar surface area (TPSA) is 26.3 Å². The molecule has 0 aliphatic rings. The maximum absolute atomic E-state index is 9.97. The molecule has 0 aliphatic carbocycles. The van der Waals surface area contributed by atoms with E-state index in [1.54, 1.807) is 0 Å². The highest BCUT2D eigenvalue weighted by Gasteiger charge is 2.16. The molecule has 0 bridgehead atoms. The number of rotatable bonds is 4. The molecule has 0 aromatic rings. The van der Waals surface area contributed by atoms with Crippen molar-refractivity contribution in [1.82, 2.24) is 0 Å². The van der Waals surface area contributed by atoms with Gasteiger partial charge in [-0.05, 0) is 20.3 Å². The molecule has 0 amide bonds. The zero-order chi connectivity index (χ0) is 7.33. The zero-order valence-electron chi connectivity index (χ0n) is 6.18. The molecule has 9 heavy (non-hydrogen) atoms. The Morgan fingerprint density at radius 2 is 2.11 bits per heavy atom. The highest BCUT2D eigenvalue weighted by Crippen LogP contribution is 2.20. The second-order valence-corrected chi connectivity index (χ2v) is 3.01. The van der Waals surface area contributed by atoms with E-state index in [1.165, 1.54) is 0 Å². The minimum absolute atomic E-state index is 0.216. The smallest absolute Gasteiger partial charge is 0.288 e. The van der Waals surface area contributed by atoms with E-state index in [2.05, 4.69) is 6.92 Å². The maximum atomic E-state index is 9.97. The Bertz CT molecular complexity index is 91.1. The fourth-order valence-electron chi connectivity index (χ4n) is 0.749. The van der Waals surface area contributed by atoms with Crippen LogP contribution in [-0.2, 0) is 9.09 Å². The lowest BCUT2D eigenvalue weighted by Gasteiger charge is -2.18. The predicted molar refractivity (Wildman–Crippen MR) is 37.7 cm³/mol. The predicted octanol–water partition coefficient (Wildman–Crippen LogP) is 2.79. The molecule has 0 saturated heterocycles. The van der Waals surface area contributed by atoms with Crippen LogP contribution in [0.15, 0.2) is 0 Å². The van der Waals surface area contributed by atoms with Gasteiger partial charge >= 0.3 is 8.69 Å². The number of hydrogen-bond acceptors (Lipinski definition) is 2. The molecular formula is C6H13O2P. The minimum atomic E-state index is -0.224. The van der Waals surface area contributed by atoms with Crippen LogP contribution in [0.5, 0.6) is 0 Å². The van der Waals surface area contributed by atoms with Crippen molar-refractivity contribution in [2.45, 2.75) is 39.2 Å². The van der Waals surface area contributed by atoms with Crippen LogP contribution in [0.4, 0.5) is 0 Å². The molecule has 0 rings (SSSR count). The van der Waals surface area contributed by atoms with Gasteiger partial charge in [0.05, 0.1) is 5.60 Å². The third-order valence-electron chi connectivity index (χ3n) is 1.14. The van der Waals surface area contributed by atoms with E-state index in [-0.39, 0.29) is 14.3 Å². The Labute approximate surface area is 57.9 Å². The van der Waals surface area contributed by atoms with Crippen LogP contribution in [0, 0.1) is 0 Å². The van der Waals surface area contributed by atoms with E-state index in [0.717, 1.165) is 12.8 Å². The van der Waals surface area contributed by atoms with E-state index >= 15 is 0 Å². The van der Waals surface area contributed by atoms with Gasteiger partial charge in [-0.15, -0.1) is 0 Å². The van der Waals surface area contributed by atoms with Gasteiger partial charge in [0.25, 0.3) is 0 Å². The highest BCUT2D eigenvalue weighted by atomic mass is 31.1. The van der Waals surface area contributed by atoms with Gasteiger partial charge in [0.1, 0.15) is 0 Å². The summed E-state index contributed by atoms with van der Waals surface area (Å²) in [4.78, 5) is 0. The molecule has 0 aromatic carbocycles. The van der Waals surface area contributed by atoms with Gasteiger partial charge in [-0.25, -0.2) is 4.57 Å². The third kappa shape index (κ3) is 4.56. The second kappa shape index (κ2) is 3.97. The van der Waals surface area contributed by atoms with E-state index in [1.807, 2.05) is 13.8 Å². The summed E-state index contributed by atoms with van der Waals surface area (Å²) in [7, 11) is -0.216. The molecular weight excluding hydrogens is 135 g/mol. The van der Waals surface area contributed by atoms with E-state index in [9.17, 15) is 4.57 Å². The molecule has 0 radical (unpaired) electrons. The molecule has 2 nitrogen and oxygen atoms in total. The van der Waals surface area contributed by atoms with Crippen molar-refractivity contribution in [2.75, 3.05) is 0 Å². The summed E-state index contributed by atoms with van der Waals surface area (Å²) < 4.78 is 14.9. The first-order valence-corrected chi connectivity index (χ1v) is 3.86. The summed E-state index contributed by atoms with van der Waals surface area (Å²) in [5.41, 5.74) is -0.224. The molecule has 0 heterocycles. The van der Waals surface area contributed by atoms with E-state index in [0.29, 0.717) is 0 Å². The molecule has 0 spiro atoms. The Morgan fingerprint density at radius 1 is 1.56 bits per heavy atom. The monoisotopic (exact) mass is 148 g/mol. The summed E-state index contributed by atoms with van der Waals surface area (Å²) >= 11 is 0. The van der Waals surface area contributed by atoms with Crippen LogP contribution in [0.2, 0.25) is 0 Å². The van der Waals surface area contributed by atoms with Gasteiger partial charge in [-0.3, -0.25) is 4.52 Å². The Kier molecular flexibility index (Phi) is 4.00. The lowest BCUT2D eigenvalue weighted by Crippen LogP contribution is -2.18. The lowest BCUT2D eigenvalue weighted by molar-refractivity contribution is 0.116. The lowest BCUT2D eigenvalue weighted by atomic mass is 10.0. The van der Waals surface area contributed by atoms with E-state index in [4.69, 9.17) is 4.52 Å². The molecule has 0 fully saturated rings. The normalized spacial score (nSPS) is 12.3. The molecule has 0 aromatic heterocycles. The van der Waals surface area contributed by atoms with Crippen molar-refractivity contribution in [3.05, 3.63) is 0 Å². The average molecular weight is 148 g/mol. The molecule has 0 unspecified atom stereocenters. The van der Waals surface area contributed by atoms with Crippen LogP contribution in [0.1, 0.15) is 33.6 Å². The fourth-order valence-corrected chi connectivity index (χ4v) is 1.04. The molecule has 0 N–H and O–H groups in total. The average Bonchev–Trinajstić information content (AvgIpc) is 1.64. The van der Waals surface area contributed by atoms with E-state index < -0.39 is 0 Å². The Morgan fingerprint density at radius 3 is 2.44 bits per heavy atom. The van der Waals surface area contributed by atoms with Crippen molar-refractivity contribution >= 4 is 8.69 Å². The Hall–Kier alpha value is 0.0600. The molecule has 0 saturated carbocycles. The first-order chi connectivity index (χ1) is 4.12.